The van der Waals surface area contributed by atoms with Gasteiger partial charge in [0.05, 0.1) is 4.90 Å². The van der Waals surface area contributed by atoms with E-state index in [9.17, 15) is 12.6 Å². The van der Waals surface area contributed by atoms with Crippen molar-refractivity contribution in [3.63, 3.8) is 0 Å². The van der Waals surface area contributed by atoms with Crippen LogP contribution in [0, 0.1) is 0 Å². The zero-order valence-corrected chi connectivity index (χ0v) is 13.0. The van der Waals surface area contributed by atoms with Gasteiger partial charge in [-0.25, -0.2) is 13.1 Å². The lowest BCUT2D eigenvalue weighted by Crippen LogP contribution is -2.27. The Kier molecular flexibility index (Phi) is 5.96. The fourth-order valence-electron chi connectivity index (χ4n) is 1.45. The maximum absolute atomic E-state index is 12.0. The quantitative estimate of drug-likeness (QED) is 0.793. The molecular formula is C12H20N2O3S2. The van der Waals surface area contributed by atoms with E-state index in [-0.39, 0.29) is 16.7 Å². The van der Waals surface area contributed by atoms with Crippen LogP contribution in [0.25, 0.3) is 0 Å². The molecule has 0 amide bonds. The largest absolute Gasteiger partial charge is 0.388 e. The van der Waals surface area contributed by atoms with Crippen molar-refractivity contribution in [2.24, 2.45) is 0 Å². The average Bonchev–Trinajstić information content (AvgIpc) is 2.38. The van der Waals surface area contributed by atoms with Crippen LogP contribution in [0.15, 0.2) is 29.2 Å². The fraction of sp³-hybridized carbons (Fsp3) is 0.500. The molecule has 0 aliphatic heterocycles. The summed E-state index contributed by atoms with van der Waals surface area (Å²) >= 11 is 0. The summed E-state index contributed by atoms with van der Waals surface area (Å²) < 4.78 is 37.6. The summed E-state index contributed by atoms with van der Waals surface area (Å²) in [6, 6.07) is 6.52. The van der Waals surface area contributed by atoms with Crippen LogP contribution >= 0.6 is 0 Å². The number of hydrogen-bond acceptors (Lipinski definition) is 4. The molecule has 0 heterocycles. The minimum absolute atomic E-state index is 0.0191. The lowest BCUT2D eigenvalue weighted by atomic mass is 10.3. The molecule has 0 aliphatic carbocycles. The molecule has 5 nitrogen and oxygen atoms in total. The predicted octanol–water partition coefficient (Wildman–Crippen LogP) is 1.16. The Balaban J connectivity index is 2.62. The average molecular weight is 304 g/mol. The first-order valence-electron chi connectivity index (χ1n) is 5.96. The Morgan fingerprint density at radius 2 is 1.84 bits per heavy atom. The highest BCUT2D eigenvalue weighted by Crippen LogP contribution is 2.13. The van der Waals surface area contributed by atoms with Gasteiger partial charge in [-0.2, -0.15) is 0 Å². The van der Waals surface area contributed by atoms with Crippen LogP contribution in [0.3, 0.4) is 0 Å². The van der Waals surface area contributed by atoms with Crippen molar-refractivity contribution in [3.05, 3.63) is 24.3 Å². The lowest BCUT2D eigenvalue weighted by Gasteiger charge is -2.10. The van der Waals surface area contributed by atoms with E-state index < -0.39 is 20.8 Å². The molecular weight excluding hydrogens is 284 g/mol. The van der Waals surface area contributed by atoms with E-state index in [1.54, 1.807) is 37.6 Å². The molecule has 0 aliphatic rings. The second kappa shape index (κ2) is 7.02. The summed E-state index contributed by atoms with van der Waals surface area (Å²) in [7, 11) is -2.64. The molecule has 0 aromatic heterocycles. The molecule has 0 fully saturated rings. The van der Waals surface area contributed by atoms with Crippen LogP contribution in [0.4, 0.5) is 5.69 Å². The number of hydrogen-bond donors (Lipinski definition) is 2. The molecule has 2 atom stereocenters. The number of rotatable bonds is 7. The van der Waals surface area contributed by atoms with Crippen LogP contribution in [-0.2, 0) is 20.8 Å². The summed E-state index contributed by atoms with van der Waals surface area (Å²) in [5.41, 5.74) is 0.856. The molecule has 7 heteroatoms. The molecule has 0 radical (unpaired) electrons. The molecule has 1 aromatic rings. The second-order valence-electron chi connectivity index (χ2n) is 4.27. The van der Waals surface area contributed by atoms with Crippen molar-refractivity contribution in [2.45, 2.75) is 23.5 Å². The van der Waals surface area contributed by atoms with Gasteiger partial charge in [0.2, 0.25) is 10.0 Å². The van der Waals surface area contributed by atoms with Gasteiger partial charge in [-0.1, -0.05) is 6.92 Å². The topological polar surface area (TPSA) is 75.3 Å². The van der Waals surface area contributed by atoms with Gasteiger partial charge in [0, 0.05) is 41.6 Å². The fourth-order valence-corrected chi connectivity index (χ4v) is 2.94. The Morgan fingerprint density at radius 1 is 1.26 bits per heavy atom. The smallest absolute Gasteiger partial charge is 0.240 e. The normalized spacial score (nSPS) is 14.9. The molecule has 0 bridgehead atoms. The summed E-state index contributed by atoms with van der Waals surface area (Å²) in [6.07, 6.45) is 2.17. The molecule has 108 valence electrons. The van der Waals surface area contributed by atoms with E-state index in [0.717, 1.165) is 5.69 Å². The van der Waals surface area contributed by atoms with E-state index in [4.69, 9.17) is 0 Å². The third-order valence-corrected chi connectivity index (χ3v) is 5.71. The van der Waals surface area contributed by atoms with Crippen molar-refractivity contribution in [2.75, 3.05) is 25.2 Å². The molecule has 2 N–H and O–H groups in total. The molecule has 0 spiro atoms. The highest BCUT2D eigenvalue weighted by molar-refractivity contribution is 7.89. The highest BCUT2D eigenvalue weighted by Gasteiger charge is 2.14. The Bertz CT molecular complexity index is 526. The predicted molar refractivity (Wildman–Crippen MR) is 79.3 cm³/mol. The van der Waals surface area contributed by atoms with Crippen LogP contribution in [-0.4, -0.2) is 37.7 Å². The molecule has 2 unspecified atom stereocenters. The Hall–Kier alpha value is -0.920. The van der Waals surface area contributed by atoms with Crippen LogP contribution in [0.2, 0.25) is 0 Å². The summed E-state index contributed by atoms with van der Waals surface area (Å²) in [4.78, 5) is 0.233. The number of anilines is 1. The van der Waals surface area contributed by atoms with E-state index in [1.807, 2.05) is 6.92 Å². The Morgan fingerprint density at radius 3 is 2.32 bits per heavy atom. The minimum atomic E-state index is -3.48. The number of sulfonamides is 1. The third-order valence-electron chi connectivity index (χ3n) is 2.86. The molecule has 19 heavy (non-hydrogen) atoms. The van der Waals surface area contributed by atoms with Gasteiger partial charge in [0.15, 0.2) is 0 Å². The van der Waals surface area contributed by atoms with E-state index >= 15 is 0 Å². The third kappa shape index (κ3) is 4.93. The first-order chi connectivity index (χ1) is 8.86. The van der Waals surface area contributed by atoms with Gasteiger partial charge < -0.3 is 5.32 Å². The molecule has 1 rings (SSSR count). The zero-order valence-electron chi connectivity index (χ0n) is 11.3. The second-order valence-corrected chi connectivity index (χ2v) is 7.84. The first-order valence-corrected chi connectivity index (χ1v) is 9.07. The first kappa shape index (κ1) is 16.1. The summed E-state index contributed by atoms with van der Waals surface area (Å²) in [5.74, 6) is 0. The van der Waals surface area contributed by atoms with Crippen molar-refractivity contribution in [1.82, 2.24) is 4.72 Å². The van der Waals surface area contributed by atoms with Crippen molar-refractivity contribution >= 4 is 26.5 Å². The van der Waals surface area contributed by atoms with Gasteiger partial charge in [-0.3, -0.25) is 4.21 Å². The van der Waals surface area contributed by atoms with Crippen molar-refractivity contribution in [1.29, 1.82) is 0 Å². The van der Waals surface area contributed by atoms with Gasteiger partial charge in [0.25, 0.3) is 0 Å². The zero-order chi connectivity index (χ0) is 14.5. The standard InChI is InChI=1S/C12H20N2O3S2/c1-10(18(3)15)8-9-14-19(16,17)12-6-4-11(13-2)5-7-12/h4-7,10,13-14H,8-9H2,1-3H3. The van der Waals surface area contributed by atoms with Crippen LogP contribution < -0.4 is 10.0 Å². The number of benzene rings is 1. The minimum Gasteiger partial charge on any atom is -0.388 e. The van der Waals surface area contributed by atoms with Gasteiger partial charge >= 0.3 is 0 Å². The van der Waals surface area contributed by atoms with Crippen LogP contribution in [0.1, 0.15) is 13.3 Å². The van der Waals surface area contributed by atoms with Crippen molar-refractivity contribution in [3.8, 4) is 0 Å². The molecule has 0 saturated carbocycles. The summed E-state index contributed by atoms with van der Waals surface area (Å²) in [6.45, 7) is 2.13. The molecule has 1 aromatic carbocycles. The number of nitrogens with one attached hydrogen (secondary N) is 2. The summed E-state index contributed by atoms with van der Waals surface area (Å²) in [5, 5.41) is 2.91. The highest BCUT2D eigenvalue weighted by atomic mass is 32.2. The Labute approximate surface area is 117 Å². The maximum atomic E-state index is 12.0. The van der Waals surface area contributed by atoms with Gasteiger partial charge in [0.1, 0.15) is 0 Å². The van der Waals surface area contributed by atoms with E-state index in [2.05, 4.69) is 10.0 Å². The van der Waals surface area contributed by atoms with Crippen molar-refractivity contribution < 1.29 is 12.6 Å². The monoisotopic (exact) mass is 304 g/mol. The SMILES string of the molecule is CNc1ccc(S(=O)(=O)NCCC(C)S(C)=O)cc1. The van der Waals surface area contributed by atoms with Gasteiger partial charge in [-0.05, 0) is 30.7 Å². The lowest BCUT2D eigenvalue weighted by molar-refractivity contribution is 0.578. The van der Waals surface area contributed by atoms with Crippen LogP contribution in [0.5, 0.6) is 0 Å². The van der Waals surface area contributed by atoms with E-state index in [0.29, 0.717) is 6.42 Å². The van der Waals surface area contributed by atoms with E-state index in [1.165, 1.54) is 0 Å². The maximum Gasteiger partial charge on any atom is 0.240 e. The molecule has 0 saturated heterocycles. The van der Waals surface area contributed by atoms with Gasteiger partial charge in [-0.15, -0.1) is 0 Å².